The molecule has 4 heteroatoms. The van der Waals surface area contributed by atoms with Crippen LogP contribution in [-0.4, -0.2) is 19.1 Å². The fourth-order valence-electron chi connectivity index (χ4n) is 1.40. The zero-order valence-corrected chi connectivity index (χ0v) is 11.8. The molecule has 0 radical (unpaired) electrons. The number of halogens is 1. The number of esters is 1. The molecule has 17 heavy (non-hydrogen) atoms. The molecule has 1 N–H and O–H groups in total. The molecular weight excluding hydrogens is 282 g/mol. The molecule has 0 spiro atoms. The van der Waals surface area contributed by atoms with Gasteiger partial charge in [-0.3, -0.25) is 4.79 Å². The molecule has 0 fully saturated rings. The van der Waals surface area contributed by atoms with Gasteiger partial charge in [-0.15, -0.1) is 0 Å². The summed E-state index contributed by atoms with van der Waals surface area (Å²) < 4.78 is 5.96. The van der Waals surface area contributed by atoms with E-state index >= 15 is 0 Å². The second kappa shape index (κ2) is 7.45. The zero-order chi connectivity index (χ0) is 12.7. The van der Waals surface area contributed by atoms with Gasteiger partial charge >= 0.3 is 5.97 Å². The molecule has 0 saturated carbocycles. The molecule has 0 heterocycles. The molecule has 0 saturated heterocycles. The van der Waals surface area contributed by atoms with E-state index < -0.39 is 0 Å². The highest BCUT2D eigenvalue weighted by Gasteiger charge is 2.01. The van der Waals surface area contributed by atoms with E-state index in [1.54, 1.807) is 0 Å². The van der Waals surface area contributed by atoms with Gasteiger partial charge in [-0.05, 0) is 31.0 Å². The molecule has 0 bridgehead atoms. The summed E-state index contributed by atoms with van der Waals surface area (Å²) in [5.41, 5.74) is 2.42. The lowest BCUT2D eigenvalue weighted by molar-refractivity contribution is -0.142. The molecule has 0 amide bonds. The first-order chi connectivity index (χ1) is 8.13. The first-order valence-electron chi connectivity index (χ1n) is 5.75. The van der Waals surface area contributed by atoms with E-state index in [1.165, 1.54) is 11.1 Å². The fraction of sp³-hybridized carbons (Fsp3) is 0.462. The average Bonchev–Trinajstić information content (AvgIpc) is 2.29. The van der Waals surface area contributed by atoms with Crippen molar-refractivity contribution in [2.24, 2.45) is 0 Å². The van der Waals surface area contributed by atoms with Crippen LogP contribution in [-0.2, 0) is 16.1 Å². The Morgan fingerprint density at radius 1 is 1.47 bits per heavy atom. The molecule has 0 aromatic heterocycles. The van der Waals surface area contributed by atoms with Crippen LogP contribution in [0.25, 0.3) is 0 Å². The number of nitrogens with one attached hydrogen (secondary N) is 1. The van der Waals surface area contributed by atoms with Crippen LogP contribution in [0.2, 0.25) is 0 Å². The van der Waals surface area contributed by atoms with Crippen LogP contribution < -0.4 is 5.32 Å². The Balaban J connectivity index is 2.26. The smallest absolute Gasteiger partial charge is 0.307 e. The minimum Gasteiger partial charge on any atom is -0.466 e. The third-order valence-electron chi connectivity index (χ3n) is 2.38. The van der Waals surface area contributed by atoms with Crippen LogP contribution in [0.1, 0.15) is 24.5 Å². The van der Waals surface area contributed by atoms with Gasteiger partial charge in [0.2, 0.25) is 0 Å². The van der Waals surface area contributed by atoms with Crippen molar-refractivity contribution >= 4 is 21.9 Å². The Hall–Kier alpha value is -0.870. The molecule has 0 aliphatic heterocycles. The number of carbonyl (C=O) groups is 1. The summed E-state index contributed by atoms with van der Waals surface area (Å²) in [6.45, 7) is 5.73. The Morgan fingerprint density at radius 2 is 2.24 bits per heavy atom. The van der Waals surface area contributed by atoms with Crippen LogP contribution >= 0.6 is 15.9 Å². The van der Waals surface area contributed by atoms with Crippen molar-refractivity contribution in [1.29, 1.82) is 0 Å². The monoisotopic (exact) mass is 299 g/mol. The van der Waals surface area contributed by atoms with Crippen molar-refractivity contribution in [1.82, 2.24) is 5.32 Å². The van der Waals surface area contributed by atoms with Crippen molar-refractivity contribution in [3.8, 4) is 0 Å². The van der Waals surface area contributed by atoms with E-state index in [2.05, 4.69) is 46.4 Å². The molecule has 0 aliphatic carbocycles. The molecule has 3 nitrogen and oxygen atoms in total. The third kappa shape index (κ3) is 5.33. The Morgan fingerprint density at radius 3 is 2.88 bits per heavy atom. The van der Waals surface area contributed by atoms with E-state index in [0.29, 0.717) is 19.6 Å². The van der Waals surface area contributed by atoms with Gasteiger partial charge in [-0.1, -0.05) is 28.1 Å². The lowest BCUT2D eigenvalue weighted by Gasteiger charge is -2.06. The first kappa shape index (κ1) is 14.2. The van der Waals surface area contributed by atoms with Gasteiger partial charge in [0.1, 0.15) is 0 Å². The normalized spacial score (nSPS) is 10.3. The van der Waals surface area contributed by atoms with E-state index in [9.17, 15) is 4.79 Å². The second-order valence-electron chi connectivity index (χ2n) is 3.82. The summed E-state index contributed by atoms with van der Waals surface area (Å²) in [5, 5.41) is 3.22. The average molecular weight is 300 g/mol. The zero-order valence-electron chi connectivity index (χ0n) is 10.3. The molecule has 1 aromatic rings. The van der Waals surface area contributed by atoms with E-state index in [4.69, 9.17) is 4.74 Å². The number of benzene rings is 1. The standard InChI is InChI=1S/C13H18BrNO2/c1-3-17-13(16)6-7-15-9-11-5-4-10(2)12(14)8-11/h4-5,8,15H,3,6-7,9H2,1-2H3. The van der Waals surface area contributed by atoms with Crippen LogP contribution in [0.15, 0.2) is 22.7 Å². The Kier molecular flexibility index (Phi) is 6.22. The summed E-state index contributed by atoms with van der Waals surface area (Å²) in [6, 6.07) is 6.25. The summed E-state index contributed by atoms with van der Waals surface area (Å²) in [4.78, 5) is 11.1. The van der Waals surface area contributed by atoms with Crippen LogP contribution in [0.5, 0.6) is 0 Å². The molecule has 0 aliphatic rings. The lowest BCUT2D eigenvalue weighted by Crippen LogP contribution is -2.19. The SMILES string of the molecule is CCOC(=O)CCNCc1ccc(C)c(Br)c1. The van der Waals surface area contributed by atoms with Crippen molar-refractivity contribution in [2.75, 3.05) is 13.2 Å². The number of carbonyl (C=O) groups excluding carboxylic acids is 1. The highest BCUT2D eigenvalue weighted by molar-refractivity contribution is 9.10. The molecule has 1 aromatic carbocycles. The Labute approximate surface area is 111 Å². The van der Waals surface area contributed by atoms with E-state index in [0.717, 1.165) is 11.0 Å². The number of hydrogen-bond acceptors (Lipinski definition) is 3. The third-order valence-corrected chi connectivity index (χ3v) is 3.23. The summed E-state index contributed by atoms with van der Waals surface area (Å²) in [7, 11) is 0. The second-order valence-corrected chi connectivity index (χ2v) is 4.67. The van der Waals surface area contributed by atoms with Gasteiger partial charge in [-0.25, -0.2) is 0 Å². The predicted octanol–water partition coefficient (Wildman–Crippen LogP) is 2.80. The number of aryl methyl sites for hydroxylation is 1. The van der Waals surface area contributed by atoms with Gasteiger partial charge in [0.05, 0.1) is 13.0 Å². The van der Waals surface area contributed by atoms with E-state index in [1.807, 2.05) is 6.92 Å². The summed E-state index contributed by atoms with van der Waals surface area (Å²) in [6.07, 6.45) is 0.418. The molecule has 0 atom stereocenters. The van der Waals surface area contributed by atoms with Crippen molar-refractivity contribution < 1.29 is 9.53 Å². The topological polar surface area (TPSA) is 38.3 Å². The molecule has 0 unspecified atom stereocenters. The minimum absolute atomic E-state index is 0.148. The molecule has 94 valence electrons. The first-order valence-corrected chi connectivity index (χ1v) is 6.54. The number of ether oxygens (including phenoxy) is 1. The highest BCUT2D eigenvalue weighted by Crippen LogP contribution is 2.17. The predicted molar refractivity (Wildman–Crippen MR) is 71.8 cm³/mol. The summed E-state index contributed by atoms with van der Waals surface area (Å²) in [5.74, 6) is -0.148. The Bertz CT molecular complexity index is 380. The van der Waals surface area contributed by atoms with Gasteiger partial charge in [0, 0.05) is 17.6 Å². The molecule has 1 rings (SSSR count). The lowest BCUT2D eigenvalue weighted by atomic mass is 10.1. The van der Waals surface area contributed by atoms with Crippen molar-refractivity contribution in [3.05, 3.63) is 33.8 Å². The van der Waals surface area contributed by atoms with Crippen molar-refractivity contribution in [3.63, 3.8) is 0 Å². The van der Waals surface area contributed by atoms with Gasteiger partial charge in [0.25, 0.3) is 0 Å². The largest absolute Gasteiger partial charge is 0.466 e. The maximum Gasteiger partial charge on any atom is 0.307 e. The van der Waals surface area contributed by atoms with Gasteiger partial charge in [-0.2, -0.15) is 0 Å². The van der Waals surface area contributed by atoms with Crippen LogP contribution in [0.4, 0.5) is 0 Å². The molecular formula is C13H18BrNO2. The highest BCUT2D eigenvalue weighted by atomic mass is 79.9. The number of hydrogen-bond donors (Lipinski definition) is 1. The maximum atomic E-state index is 11.1. The van der Waals surface area contributed by atoms with Crippen molar-refractivity contribution in [2.45, 2.75) is 26.8 Å². The van der Waals surface area contributed by atoms with Gasteiger partial charge < -0.3 is 10.1 Å². The van der Waals surface area contributed by atoms with Crippen LogP contribution in [0, 0.1) is 6.92 Å². The minimum atomic E-state index is -0.148. The quantitative estimate of drug-likeness (QED) is 0.648. The number of rotatable bonds is 6. The maximum absolute atomic E-state index is 11.1. The fourth-order valence-corrected chi connectivity index (χ4v) is 1.83. The summed E-state index contributed by atoms with van der Waals surface area (Å²) >= 11 is 3.50. The van der Waals surface area contributed by atoms with E-state index in [-0.39, 0.29) is 5.97 Å². The van der Waals surface area contributed by atoms with Crippen LogP contribution in [0.3, 0.4) is 0 Å². The van der Waals surface area contributed by atoms with Gasteiger partial charge in [0.15, 0.2) is 0 Å².